The van der Waals surface area contributed by atoms with Crippen molar-refractivity contribution >= 4 is 140 Å². The van der Waals surface area contributed by atoms with E-state index in [1.807, 2.05) is 67.6 Å². The summed E-state index contributed by atoms with van der Waals surface area (Å²) in [5.41, 5.74) is 53.6. The predicted octanol–water partition coefficient (Wildman–Crippen LogP) is 22.1. The van der Waals surface area contributed by atoms with Crippen molar-refractivity contribution in [3.63, 3.8) is 0 Å². The molecule has 0 bridgehead atoms. The van der Waals surface area contributed by atoms with Gasteiger partial charge < -0.3 is 54.0 Å². The van der Waals surface area contributed by atoms with E-state index < -0.39 is 82.0 Å². The molecular formula is C102H109BCl3F9IN25O7Si2. The van der Waals surface area contributed by atoms with Crippen molar-refractivity contribution in [3.05, 3.63) is 353 Å². The largest absolute Gasteiger partial charge is 0.535 e. The van der Waals surface area contributed by atoms with Crippen molar-refractivity contribution in [2.24, 2.45) is 21.5 Å². The molecule has 0 aliphatic carbocycles. The van der Waals surface area contributed by atoms with E-state index in [4.69, 9.17) is 93.7 Å². The number of carbonyl (C=O) groups excluding carboxylic acids is 1. The molecule has 786 valence electrons. The maximum absolute atomic E-state index is 14.2. The molecule has 0 fully saturated rings. The molecule has 9 heterocycles. The van der Waals surface area contributed by atoms with E-state index >= 15 is 0 Å². The maximum Gasteiger partial charge on any atom is 0.488 e. The van der Waals surface area contributed by atoms with Gasteiger partial charge in [0.25, 0.3) is 0 Å². The van der Waals surface area contributed by atoms with Gasteiger partial charge in [0.15, 0.2) is 20.0 Å². The monoisotopic (exact) mass is 2270 g/mol. The van der Waals surface area contributed by atoms with Gasteiger partial charge in [-0.15, -0.1) is 4.91 Å². The van der Waals surface area contributed by atoms with Crippen molar-refractivity contribution in [1.82, 2.24) is 75.2 Å². The molecule has 0 saturated heterocycles. The van der Waals surface area contributed by atoms with Gasteiger partial charge in [-0.05, 0) is 320 Å². The molecule has 7 aromatic carbocycles. The summed E-state index contributed by atoms with van der Waals surface area (Å²) in [4.78, 5) is 89.2. The number of pyridine rings is 4. The Morgan fingerprint density at radius 1 is 0.453 bits per heavy atom. The summed E-state index contributed by atoms with van der Waals surface area (Å²) in [5, 5.41) is 28.5. The number of nitrogens with two attached hydrogens (primary N) is 7. The molecule has 48 heteroatoms. The zero-order chi connectivity index (χ0) is 110. The van der Waals surface area contributed by atoms with Crippen molar-refractivity contribution in [2.45, 2.75) is 114 Å². The van der Waals surface area contributed by atoms with Crippen LogP contribution in [0.3, 0.4) is 0 Å². The number of carboxylic acid groups (broad SMARTS) is 1. The average molecular weight is 2270 g/mol. The summed E-state index contributed by atoms with van der Waals surface area (Å²) >= 11 is 19.9. The fourth-order valence-electron chi connectivity index (χ4n) is 13.5. The number of hydrogen-bond acceptors (Lipinski definition) is 29. The highest BCUT2D eigenvalue weighted by Gasteiger charge is 2.28. The molecule has 19 N–H and O–H groups in total. The molecule has 2 atom stereocenters. The van der Waals surface area contributed by atoms with Gasteiger partial charge in [0, 0.05) is 125 Å². The summed E-state index contributed by atoms with van der Waals surface area (Å²) in [5.74, 6) is -3.98. The number of carbonyl (C=O) groups is 2. The number of hydrogen-bond donors (Lipinski definition) is 12. The Morgan fingerprint density at radius 3 is 1.17 bits per heavy atom. The van der Waals surface area contributed by atoms with Crippen LogP contribution in [-0.4, -0.2) is 126 Å². The number of halogens is 13. The Bertz CT molecular complexity index is 7290. The van der Waals surface area contributed by atoms with Gasteiger partial charge in [0.2, 0.25) is 44.0 Å². The highest BCUT2D eigenvalue weighted by Crippen LogP contribution is 2.40. The van der Waals surface area contributed by atoms with Gasteiger partial charge in [0.05, 0.1) is 55.1 Å². The van der Waals surface area contributed by atoms with Crippen LogP contribution in [0.25, 0.3) is 89.7 Å². The molecule has 0 aliphatic heterocycles. The van der Waals surface area contributed by atoms with Gasteiger partial charge in [-0.2, -0.15) is 4.98 Å². The normalized spacial score (nSPS) is 11.1. The van der Waals surface area contributed by atoms with Crippen LogP contribution in [0.2, 0.25) is 54.7 Å². The van der Waals surface area contributed by atoms with E-state index in [0.717, 1.165) is 80.6 Å². The number of amides is 1. The molecule has 2 unspecified atom stereocenters. The Labute approximate surface area is 892 Å². The number of anilines is 6. The maximum atomic E-state index is 14.2. The number of nitrogen functional groups attached to an aromatic ring is 5. The number of aliphatic carboxylic acids is 1. The summed E-state index contributed by atoms with van der Waals surface area (Å²) in [6.45, 7) is 25.4. The van der Waals surface area contributed by atoms with Crippen LogP contribution in [-0.2, 0) is 20.6 Å². The lowest BCUT2D eigenvalue weighted by Crippen LogP contribution is -2.34. The fourth-order valence-corrected chi connectivity index (χ4v) is 16.7. The van der Waals surface area contributed by atoms with E-state index in [1.54, 1.807) is 135 Å². The molecule has 9 aromatic heterocycles. The van der Waals surface area contributed by atoms with Gasteiger partial charge >= 0.3 is 13.1 Å². The number of carboxylic acids is 1. The molecule has 32 nitrogen and oxygen atoms in total. The zero-order valence-corrected chi connectivity index (χ0v) is 88.5. The molecule has 0 spiro atoms. The highest BCUT2D eigenvalue weighted by atomic mass is 127. The number of hydrazine groups is 1. The van der Waals surface area contributed by atoms with Crippen molar-refractivity contribution < 1.29 is 71.5 Å². The quantitative estimate of drug-likeness (QED) is 0.00437. The molecule has 1 amide bonds. The van der Waals surface area contributed by atoms with Crippen LogP contribution < -0.4 is 56.6 Å². The molecule has 16 aromatic rings. The lowest BCUT2D eigenvalue weighted by Gasteiger charge is -2.21. The summed E-state index contributed by atoms with van der Waals surface area (Å²) < 4.78 is 131. The standard InChI is InChI=1S/C25H21F3N6O.C17H16FN5.C16H12ClFN4.C10H6ClFIN3.C10H7ClFN3.C9H8F2O2.C8H21NOSi2.C6H8BNO2.CH4.H2N2O.2H2/c1-13-12-16(10-11-30-13)21-22(15-6-8-17(26)9-7-15)31-25(29)32-23(21)33-34-24(35)14(2)20-18(27)4-3-5-19(20)28;1-10-8-12(6-7-21-10)15-14(9-19)22-17(20)23-16(15)11-2-4-13(18)5-3-11;1-9-8-11(6-7-20-9)13-14(21-16(19)22-15(13)17)10-2-4-12(18)5-3-10;11-9-7(13)8(15-10(14)16-9)5-1-3-6(12)4-2-5;11-9-5-8(14-10(13)15-9)6-1-3-7(12)4-2-6;1-5(9(12)13)8-6(10)3-2-4-7(8)11;1-8(9-11(2,3)4)10-12(5,6)7;1-5-4-6(7(9)10)2-3-8-5;;1-2-3;;/h3-12,14H,1-2H3,(H,34,35)(H3,29,31,32,33);2-8H,9,19H2,1H3,(H2,20,22,23);2-8H,1H3,(H2,19,21,22);1-4H,(H2,14,15,16);1-5H,(H2,13,14,15);2-5H,1H3,(H,12,13);1-7H3;2-4,9-10H,1H3;1H4;(H2,1,3);2*1H. The predicted molar refractivity (Wildman–Crippen MR) is 588 cm³/mol. The second-order valence-corrected chi connectivity index (χ2v) is 44.8. The Balaban J connectivity index is 0.000000312. The molecule has 0 saturated carbocycles. The lowest BCUT2D eigenvalue weighted by atomic mass is 9.81. The summed E-state index contributed by atoms with van der Waals surface area (Å²) in [6, 6.07) is 52.1. The molecule has 16 rings (SSSR count). The highest BCUT2D eigenvalue weighted by molar-refractivity contribution is 14.1. The van der Waals surface area contributed by atoms with Crippen LogP contribution in [0, 0.1) is 88.5 Å². The Hall–Kier alpha value is -15.5. The smallest absolute Gasteiger partial charge is 0.488 e. The first-order valence-electron chi connectivity index (χ1n) is 44.3. The zero-order valence-electron chi connectivity index (χ0n) is 82.0. The summed E-state index contributed by atoms with van der Waals surface area (Å²) in [7, 11) is -4.15. The van der Waals surface area contributed by atoms with E-state index in [-0.39, 0.29) is 91.5 Å². The first kappa shape index (κ1) is 121. The van der Waals surface area contributed by atoms with Crippen LogP contribution in [0.4, 0.5) is 75.1 Å². The number of nitroso groups, excluding NO2 is 1. The Kier molecular flexibility index (Phi) is 46.3. The topological polar surface area (TPSA) is 533 Å². The van der Waals surface area contributed by atoms with E-state index in [0.29, 0.717) is 81.9 Å². The number of nitrogens with one attached hydrogen (secondary N) is 2. The molecule has 150 heavy (non-hydrogen) atoms. The number of aryl methyl sites for hydroxylation is 4. The second-order valence-electron chi connectivity index (χ2n) is 33.7. The lowest BCUT2D eigenvalue weighted by molar-refractivity contribution is -0.138. The van der Waals surface area contributed by atoms with Crippen molar-refractivity contribution in [2.75, 3.05) is 34.1 Å². The van der Waals surface area contributed by atoms with Gasteiger partial charge in [-0.25, -0.2) is 84.4 Å². The minimum absolute atomic E-state index is 0. The van der Waals surface area contributed by atoms with Gasteiger partial charge in [-0.1, -0.05) is 54.4 Å². The second kappa shape index (κ2) is 57.2. The van der Waals surface area contributed by atoms with Gasteiger partial charge in [0.1, 0.15) is 67.8 Å². The minimum Gasteiger partial charge on any atom is -0.535 e. The van der Waals surface area contributed by atoms with E-state index in [9.17, 15) is 49.1 Å². The van der Waals surface area contributed by atoms with Crippen LogP contribution in [0.5, 0.6) is 0 Å². The number of nitrogens with zero attached hydrogens (tertiary/aromatic N) is 16. The SMILES string of the molecule is C.CC(=N[Si](C)(C)C)O[Si](C)(C)C.CC(C(=O)O)c1c(F)cccc1F.Cc1cc(-c2c(CN)nc(N)nc2-c2ccc(F)cc2)ccn1.Cc1cc(-c2c(Cl)nc(N)nc2-c2ccc(F)cc2)ccn1.Cc1cc(-c2c(NNC(=O)C(C)c3c(F)cccc3F)nc(N)nc2-c2ccc(F)cc2)ccn1.Cc1cc(B(O)O)ccn1.NN=O.Nc1nc(Cl)c(I)c(-c2ccc(F)cc2)n1.Nc1nc(Cl)cc(-c2ccc(F)cc2)n1.[HH].[HH]. The number of rotatable bonds is 18. The third-order valence-electron chi connectivity index (χ3n) is 19.8. The first-order chi connectivity index (χ1) is 70.3. The van der Waals surface area contributed by atoms with E-state index in [1.165, 1.54) is 86.6 Å². The number of benzene rings is 7. The number of aromatic nitrogens is 14. The minimum atomic E-state index is -1.43. The molecular weight excluding hydrogens is 2160 g/mol. The molecule has 0 aliphatic rings. The third kappa shape index (κ3) is 37.4. The van der Waals surface area contributed by atoms with E-state index in [2.05, 4.69) is 130 Å². The Morgan fingerprint density at radius 2 is 0.793 bits per heavy atom. The molecule has 0 radical (unpaired) electrons. The van der Waals surface area contributed by atoms with Crippen LogP contribution in [0.15, 0.2) is 247 Å². The fraction of sp³-hybridized carbons (Fsp3) is 0.167. The average Bonchev–Trinajstić information content (AvgIpc) is 0.777. The summed E-state index contributed by atoms with van der Waals surface area (Å²) in [6.07, 6.45) is 6.55. The first-order valence-corrected chi connectivity index (χ1v) is 53.4. The third-order valence-corrected chi connectivity index (χ3v) is 23.8. The van der Waals surface area contributed by atoms with Crippen molar-refractivity contribution in [1.29, 1.82) is 0 Å². The van der Waals surface area contributed by atoms with Gasteiger partial charge in [-0.3, -0.25) is 50.9 Å². The van der Waals surface area contributed by atoms with Crippen LogP contribution >= 0.6 is 57.4 Å². The van der Waals surface area contributed by atoms with Crippen molar-refractivity contribution in [3.8, 4) is 89.7 Å². The van der Waals surface area contributed by atoms with Crippen LogP contribution in [0.1, 0.15) is 82.5 Å².